The molecule has 5 nitrogen and oxygen atoms in total. The molecular formula is C14H12ClNO4. The summed E-state index contributed by atoms with van der Waals surface area (Å²) in [4.78, 5) is 22.3. The number of halogens is 1. The molecule has 0 atom stereocenters. The molecule has 0 unspecified atom stereocenters. The van der Waals surface area contributed by atoms with Crippen molar-refractivity contribution in [1.82, 2.24) is 4.57 Å². The molecule has 0 saturated heterocycles. The molecule has 0 bridgehead atoms. The maximum absolute atomic E-state index is 11.4. The normalized spacial score (nSPS) is 10.4. The highest BCUT2D eigenvalue weighted by molar-refractivity contribution is 6.30. The lowest BCUT2D eigenvalue weighted by Gasteiger charge is -2.08. The van der Waals surface area contributed by atoms with Gasteiger partial charge in [-0.15, -0.1) is 0 Å². The number of rotatable bonds is 4. The van der Waals surface area contributed by atoms with Crippen molar-refractivity contribution >= 4 is 17.6 Å². The van der Waals surface area contributed by atoms with Gasteiger partial charge in [-0.2, -0.15) is 0 Å². The van der Waals surface area contributed by atoms with E-state index in [0.29, 0.717) is 18.0 Å². The van der Waals surface area contributed by atoms with Crippen LogP contribution >= 0.6 is 11.6 Å². The molecule has 0 saturated carbocycles. The van der Waals surface area contributed by atoms with Gasteiger partial charge >= 0.3 is 5.97 Å². The summed E-state index contributed by atoms with van der Waals surface area (Å²) < 4.78 is 1.48. The molecule has 0 radical (unpaired) electrons. The minimum absolute atomic E-state index is 0.440. The molecule has 0 amide bonds. The molecule has 20 heavy (non-hydrogen) atoms. The number of hydrogen-bond acceptors (Lipinski definition) is 3. The zero-order valence-electron chi connectivity index (χ0n) is 10.4. The largest absolute Gasteiger partial charge is 0.503 e. The fourth-order valence-electron chi connectivity index (χ4n) is 1.81. The Bertz CT molecular complexity index is 691. The van der Waals surface area contributed by atoms with Crippen molar-refractivity contribution in [1.29, 1.82) is 0 Å². The van der Waals surface area contributed by atoms with Crippen LogP contribution in [0.25, 0.3) is 0 Å². The third-order valence-corrected chi connectivity index (χ3v) is 3.11. The molecule has 0 aliphatic heterocycles. The summed E-state index contributed by atoms with van der Waals surface area (Å²) in [5.41, 5.74) is -0.300. The van der Waals surface area contributed by atoms with E-state index in [1.54, 1.807) is 12.1 Å². The van der Waals surface area contributed by atoms with Gasteiger partial charge in [-0.05, 0) is 24.1 Å². The predicted molar refractivity (Wildman–Crippen MR) is 74.5 cm³/mol. The van der Waals surface area contributed by atoms with Gasteiger partial charge in [0.2, 0.25) is 5.43 Å². The van der Waals surface area contributed by atoms with Gasteiger partial charge in [0, 0.05) is 24.0 Å². The van der Waals surface area contributed by atoms with Crippen molar-refractivity contribution in [2.45, 2.75) is 13.0 Å². The Hall–Kier alpha value is -2.27. The number of aryl methyl sites for hydroxylation is 2. The van der Waals surface area contributed by atoms with Gasteiger partial charge in [-0.25, -0.2) is 4.79 Å². The van der Waals surface area contributed by atoms with Crippen LogP contribution in [0.4, 0.5) is 0 Å². The third-order valence-electron chi connectivity index (χ3n) is 2.86. The monoisotopic (exact) mass is 293 g/mol. The number of aromatic nitrogens is 1. The van der Waals surface area contributed by atoms with Gasteiger partial charge in [-0.3, -0.25) is 4.79 Å². The van der Waals surface area contributed by atoms with E-state index in [2.05, 4.69) is 0 Å². The Morgan fingerprint density at radius 3 is 2.45 bits per heavy atom. The maximum atomic E-state index is 11.4. The molecule has 2 aromatic rings. The molecule has 0 fully saturated rings. The smallest absolute Gasteiger partial charge is 0.341 e. The van der Waals surface area contributed by atoms with Crippen molar-refractivity contribution in [3.8, 4) is 5.75 Å². The SMILES string of the molecule is O=C(O)c1cn(CCc2ccc(Cl)cc2)cc(O)c1=O. The maximum Gasteiger partial charge on any atom is 0.341 e. The van der Waals surface area contributed by atoms with Crippen molar-refractivity contribution in [2.75, 3.05) is 0 Å². The minimum Gasteiger partial charge on any atom is -0.503 e. The third kappa shape index (κ3) is 3.19. The topological polar surface area (TPSA) is 79.5 Å². The van der Waals surface area contributed by atoms with Gasteiger partial charge in [0.05, 0.1) is 0 Å². The van der Waals surface area contributed by atoms with Crippen LogP contribution in [0.15, 0.2) is 41.5 Å². The summed E-state index contributed by atoms with van der Waals surface area (Å²) in [7, 11) is 0. The molecule has 0 aliphatic rings. The Morgan fingerprint density at radius 2 is 1.85 bits per heavy atom. The van der Waals surface area contributed by atoms with E-state index in [1.165, 1.54) is 17.0 Å². The summed E-state index contributed by atoms with van der Waals surface area (Å²) in [6.07, 6.45) is 3.07. The molecule has 6 heteroatoms. The fourth-order valence-corrected chi connectivity index (χ4v) is 1.93. The van der Waals surface area contributed by atoms with E-state index < -0.39 is 22.7 Å². The lowest BCUT2D eigenvalue weighted by Crippen LogP contribution is -2.17. The summed E-state index contributed by atoms with van der Waals surface area (Å²) in [6, 6.07) is 7.26. The first-order valence-corrected chi connectivity index (χ1v) is 6.26. The van der Waals surface area contributed by atoms with Crippen LogP contribution in [-0.4, -0.2) is 20.7 Å². The van der Waals surface area contributed by atoms with Crippen LogP contribution in [0.1, 0.15) is 15.9 Å². The second-order valence-electron chi connectivity index (χ2n) is 4.31. The van der Waals surface area contributed by atoms with E-state index >= 15 is 0 Å². The van der Waals surface area contributed by atoms with E-state index in [0.717, 1.165) is 5.56 Å². The van der Waals surface area contributed by atoms with Gasteiger partial charge in [0.25, 0.3) is 0 Å². The number of hydrogen-bond donors (Lipinski definition) is 2. The molecule has 1 aromatic heterocycles. The van der Waals surface area contributed by atoms with E-state index in [9.17, 15) is 14.7 Å². The molecule has 2 N–H and O–H groups in total. The van der Waals surface area contributed by atoms with E-state index in [4.69, 9.17) is 16.7 Å². The van der Waals surface area contributed by atoms with Crippen molar-refractivity contribution < 1.29 is 15.0 Å². The first-order valence-electron chi connectivity index (χ1n) is 5.88. The molecule has 0 aliphatic carbocycles. The lowest BCUT2D eigenvalue weighted by molar-refractivity contribution is 0.0694. The number of nitrogens with zero attached hydrogens (tertiary/aromatic N) is 1. The molecule has 2 rings (SSSR count). The van der Waals surface area contributed by atoms with Crippen LogP contribution in [0.2, 0.25) is 5.02 Å². The number of carboxylic acid groups (broad SMARTS) is 1. The summed E-state index contributed by atoms with van der Waals surface area (Å²) in [6.45, 7) is 0.440. The van der Waals surface area contributed by atoms with Gasteiger partial charge in [0.15, 0.2) is 5.75 Å². The first kappa shape index (κ1) is 14.1. The fraction of sp³-hybridized carbons (Fsp3) is 0.143. The first-order chi connectivity index (χ1) is 9.47. The molecule has 104 valence electrons. The predicted octanol–water partition coefficient (Wildman–Crippen LogP) is 2.15. The number of carboxylic acids is 1. The van der Waals surface area contributed by atoms with Gasteiger partial charge in [0.1, 0.15) is 5.56 Å². The summed E-state index contributed by atoms with van der Waals surface area (Å²) in [5.74, 6) is -1.92. The number of carbonyl (C=O) groups is 1. The highest BCUT2D eigenvalue weighted by Gasteiger charge is 2.12. The molecule has 1 heterocycles. The van der Waals surface area contributed by atoms with Crippen molar-refractivity contribution in [2.24, 2.45) is 0 Å². The second kappa shape index (κ2) is 5.79. The lowest BCUT2D eigenvalue weighted by atomic mass is 10.1. The molecular weight excluding hydrogens is 282 g/mol. The van der Waals surface area contributed by atoms with Crippen molar-refractivity contribution in [3.05, 3.63) is 63.0 Å². The number of aromatic carboxylic acids is 1. The Labute approximate surface area is 119 Å². The number of benzene rings is 1. The van der Waals surface area contributed by atoms with E-state index in [-0.39, 0.29) is 0 Å². The highest BCUT2D eigenvalue weighted by Crippen LogP contribution is 2.11. The highest BCUT2D eigenvalue weighted by atomic mass is 35.5. The van der Waals surface area contributed by atoms with Crippen molar-refractivity contribution in [3.63, 3.8) is 0 Å². The van der Waals surface area contributed by atoms with Gasteiger partial charge in [-0.1, -0.05) is 23.7 Å². The van der Waals surface area contributed by atoms with E-state index in [1.807, 2.05) is 12.1 Å². The zero-order chi connectivity index (χ0) is 14.7. The average Bonchev–Trinajstić information content (AvgIpc) is 2.41. The summed E-state index contributed by atoms with van der Waals surface area (Å²) in [5, 5.41) is 19.0. The Balaban J connectivity index is 2.19. The second-order valence-corrected chi connectivity index (χ2v) is 4.74. The Morgan fingerprint density at radius 1 is 1.20 bits per heavy atom. The van der Waals surface area contributed by atoms with Crippen LogP contribution in [0.5, 0.6) is 5.75 Å². The Kier molecular flexibility index (Phi) is 4.10. The van der Waals surface area contributed by atoms with Crippen LogP contribution < -0.4 is 5.43 Å². The quantitative estimate of drug-likeness (QED) is 0.905. The standard InChI is InChI=1S/C14H12ClNO4/c15-10-3-1-9(2-4-10)5-6-16-7-11(14(19)20)13(18)12(17)8-16/h1-4,7-8,17H,5-6H2,(H,19,20). The van der Waals surface area contributed by atoms with Crippen LogP contribution in [0, 0.1) is 0 Å². The molecule has 0 spiro atoms. The average molecular weight is 294 g/mol. The van der Waals surface area contributed by atoms with Crippen LogP contribution in [0.3, 0.4) is 0 Å². The van der Waals surface area contributed by atoms with Gasteiger partial charge < -0.3 is 14.8 Å². The number of pyridine rings is 1. The summed E-state index contributed by atoms with van der Waals surface area (Å²) >= 11 is 5.78. The van der Waals surface area contributed by atoms with Crippen LogP contribution in [-0.2, 0) is 13.0 Å². The molecule has 1 aromatic carbocycles. The number of aromatic hydroxyl groups is 1. The zero-order valence-corrected chi connectivity index (χ0v) is 11.2. The minimum atomic E-state index is -1.36.